The number of oxazole rings is 1. The monoisotopic (exact) mass is 393 g/mol. The molecule has 2 aliphatic rings. The fourth-order valence-electron chi connectivity index (χ4n) is 3.78. The number of hydrogen-bond donors (Lipinski definition) is 1. The molecule has 1 unspecified atom stereocenters. The molecule has 146 valence electrons. The van der Waals surface area contributed by atoms with Crippen molar-refractivity contribution in [3.63, 3.8) is 0 Å². The summed E-state index contributed by atoms with van der Waals surface area (Å²) in [6.07, 6.45) is 1.74. The number of carbonyl (C=O) groups excluding carboxylic acids is 2. The first-order chi connectivity index (χ1) is 14.1. The molecule has 3 heterocycles. The zero-order valence-electron chi connectivity index (χ0n) is 15.2. The molecule has 0 saturated carbocycles. The summed E-state index contributed by atoms with van der Waals surface area (Å²) in [6.45, 7) is 0.301. The number of hydrogen-bond acceptors (Lipinski definition) is 5. The second kappa shape index (κ2) is 6.44. The maximum atomic E-state index is 13.3. The molecule has 8 heteroatoms. The van der Waals surface area contributed by atoms with Crippen LogP contribution in [0.2, 0.25) is 0 Å². The topological polar surface area (TPSA) is 84.7 Å². The first-order valence-electron chi connectivity index (χ1n) is 9.14. The zero-order valence-corrected chi connectivity index (χ0v) is 15.2. The van der Waals surface area contributed by atoms with Crippen LogP contribution in [0.15, 0.2) is 59.2 Å². The Morgan fingerprint density at radius 1 is 1.14 bits per heavy atom. The number of rotatable bonds is 3. The number of benzene rings is 2. The van der Waals surface area contributed by atoms with Gasteiger partial charge in [0.15, 0.2) is 5.54 Å². The summed E-state index contributed by atoms with van der Waals surface area (Å²) in [5, 5.41) is 2.85. The number of aromatic nitrogens is 1. The standard InChI is InChI=1S/C21H16FN3O4/c22-14-7-5-13(6-8-14)18-23-15(12-29-18)11-25-19(26)21(24-20(25)27)9-10-28-17-4-2-1-3-16(17)21/h1-8,12H,9-11H2,(H,24,27). The lowest BCUT2D eigenvalue weighted by Gasteiger charge is -2.33. The third kappa shape index (κ3) is 2.75. The summed E-state index contributed by atoms with van der Waals surface area (Å²) in [7, 11) is 0. The van der Waals surface area contributed by atoms with Crippen molar-refractivity contribution >= 4 is 11.9 Å². The minimum atomic E-state index is -1.13. The number of nitrogens with one attached hydrogen (secondary N) is 1. The largest absolute Gasteiger partial charge is 0.493 e. The van der Waals surface area contributed by atoms with E-state index in [9.17, 15) is 14.0 Å². The van der Waals surface area contributed by atoms with Crippen molar-refractivity contribution < 1.29 is 23.1 Å². The Balaban J connectivity index is 1.42. The summed E-state index contributed by atoms with van der Waals surface area (Å²) >= 11 is 0. The van der Waals surface area contributed by atoms with Crippen LogP contribution >= 0.6 is 0 Å². The lowest BCUT2D eigenvalue weighted by Crippen LogP contribution is -2.47. The van der Waals surface area contributed by atoms with Crippen molar-refractivity contribution in [2.24, 2.45) is 0 Å². The highest BCUT2D eigenvalue weighted by molar-refractivity contribution is 6.07. The van der Waals surface area contributed by atoms with Gasteiger partial charge in [0.2, 0.25) is 5.89 Å². The first-order valence-corrected chi connectivity index (χ1v) is 9.14. The van der Waals surface area contributed by atoms with E-state index in [-0.39, 0.29) is 24.2 Å². The van der Waals surface area contributed by atoms with Crippen molar-refractivity contribution in [3.05, 3.63) is 71.9 Å². The Hall–Kier alpha value is -3.68. The van der Waals surface area contributed by atoms with Crippen LogP contribution in [-0.2, 0) is 16.9 Å². The smallest absolute Gasteiger partial charge is 0.325 e. The molecule has 1 N–H and O–H groups in total. The summed E-state index contributed by atoms with van der Waals surface area (Å²) in [4.78, 5) is 31.4. The van der Waals surface area contributed by atoms with Crippen LogP contribution < -0.4 is 10.1 Å². The molecule has 7 nitrogen and oxygen atoms in total. The number of urea groups is 1. The third-order valence-electron chi connectivity index (χ3n) is 5.22. The molecule has 1 saturated heterocycles. The van der Waals surface area contributed by atoms with Crippen LogP contribution in [0.4, 0.5) is 9.18 Å². The van der Waals surface area contributed by atoms with E-state index in [0.29, 0.717) is 35.6 Å². The van der Waals surface area contributed by atoms with Gasteiger partial charge in [-0.15, -0.1) is 0 Å². The van der Waals surface area contributed by atoms with Crippen LogP contribution in [-0.4, -0.2) is 28.4 Å². The molecule has 1 aromatic heterocycles. The summed E-state index contributed by atoms with van der Waals surface area (Å²) in [6, 6.07) is 12.4. The maximum Gasteiger partial charge on any atom is 0.325 e. The SMILES string of the molecule is O=C1NC2(CCOc3ccccc32)C(=O)N1Cc1coc(-c2ccc(F)cc2)n1. The molecule has 5 rings (SSSR count). The van der Waals surface area contributed by atoms with Crippen LogP contribution in [0.3, 0.4) is 0 Å². The number of ether oxygens (including phenoxy) is 1. The van der Waals surface area contributed by atoms with E-state index in [1.54, 1.807) is 24.3 Å². The third-order valence-corrected chi connectivity index (χ3v) is 5.22. The highest BCUT2D eigenvalue weighted by atomic mass is 19.1. The molecule has 0 bridgehead atoms. The van der Waals surface area contributed by atoms with Gasteiger partial charge < -0.3 is 14.5 Å². The van der Waals surface area contributed by atoms with Gasteiger partial charge in [0.25, 0.3) is 5.91 Å². The molecule has 3 amide bonds. The lowest BCUT2D eigenvalue weighted by atomic mass is 9.84. The van der Waals surface area contributed by atoms with Crippen LogP contribution in [0.1, 0.15) is 17.7 Å². The summed E-state index contributed by atoms with van der Waals surface area (Å²) in [5.41, 5.74) is 0.546. The number of carbonyl (C=O) groups is 2. The van der Waals surface area contributed by atoms with E-state index in [0.717, 1.165) is 4.90 Å². The van der Waals surface area contributed by atoms with Gasteiger partial charge in [-0.05, 0) is 30.3 Å². The van der Waals surface area contributed by atoms with E-state index in [4.69, 9.17) is 9.15 Å². The van der Waals surface area contributed by atoms with Crippen molar-refractivity contribution in [1.82, 2.24) is 15.2 Å². The highest BCUT2D eigenvalue weighted by Crippen LogP contribution is 2.41. The minimum Gasteiger partial charge on any atom is -0.493 e. The lowest BCUT2D eigenvalue weighted by molar-refractivity contribution is -0.133. The number of fused-ring (bicyclic) bond motifs is 2. The summed E-state index contributed by atoms with van der Waals surface area (Å²) in [5.74, 6) is 0.180. The van der Waals surface area contributed by atoms with Gasteiger partial charge in [-0.3, -0.25) is 9.69 Å². The Labute approximate surface area is 165 Å². The predicted octanol–water partition coefficient (Wildman–Crippen LogP) is 3.21. The molecule has 0 radical (unpaired) electrons. The Kier molecular flexibility index (Phi) is 3.87. The fourth-order valence-corrected chi connectivity index (χ4v) is 3.78. The van der Waals surface area contributed by atoms with Gasteiger partial charge in [0.1, 0.15) is 17.8 Å². The van der Waals surface area contributed by atoms with Crippen molar-refractivity contribution in [2.75, 3.05) is 6.61 Å². The molecule has 0 aliphatic carbocycles. The molecule has 1 fully saturated rings. The second-order valence-electron chi connectivity index (χ2n) is 6.97. The summed E-state index contributed by atoms with van der Waals surface area (Å²) < 4.78 is 24.2. The molecule has 29 heavy (non-hydrogen) atoms. The molecule has 1 atom stereocenters. The number of amides is 3. The minimum absolute atomic E-state index is 0.0276. The predicted molar refractivity (Wildman–Crippen MR) is 99.2 cm³/mol. The molecular formula is C21H16FN3O4. The number of halogens is 1. The quantitative estimate of drug-likeness (QED) is 0.691. The zero-order chi connectivity index (χ0) is 20.0. The van der Waals surface area contributed by atoms with Gasteiger partial charge in [-0.25, -0.2) is 14.2 Å². The Morgan fingerprint density at radius 2 is 1.93 bits per heavy atom. The molecular weight excluding hydrogens is 377 g/mol. The van der Waals surface area contributed by atoms with Crippen molar-refractivity contribution in [3.8, 4) is 17.2 Å². The normalized spacial score (nSPS) is 20.5. The molecule has 3 aromatic rings. The average Bonchev–Trinajstić information content (AvgIpc) is 3.29. The van der Waals surface area contributed by atoms with Gasteiger partial charge >= 0.3 is 6.03 Å². The van der Waals surface area contributed by atoms with Gasteiger partial charge in [0.05, 0.1) is 18.8 Å². The molecule has 1 spiro atoms. The van der Waals surface area contributed by atoms with E-state index < -0.39 is 11.6 Å². The molecule has 2 aliphatic heterocycles. The van der Waals surface area contributed by atoms with Gasteiger partial charge in [-0.1, -0.05) is 18.2 Å². The Bertz CT molecular complexity index is 1110. The van der Waals surface area contributed by atoms with Crippen LogP contribution in [0.5, 0.6) is 5.75 Å². The molecule has 2 aromatic carbocycles. The van der Waals surface area contributed by atoms with Crippen LogP contribution in [0, 0.1) is 5.82 Å². The van der Waals surface area contributed by atoms with E-state index in [1.165, 1.54) is 18.4 Å². The van der Waals surface area contributed by atoms with Gasteiger partial charge in [-0.2, -0.15) is 0 Å². The fraction of sp³-hybridized carbons (Fsp3) is 0.190. The first kappa shape index (κ1) is 17.4. The van der Waals surface area contributed by atoms with E-state index >= 15 is 0 Å². The van der Waals surface area contributed by atoms with E-state index in [1.807, 2.05) is 12.1 Å². The number of para-hydroxylation sites is 1. The Morgan fingerprint density at radius 3 is 2.76 bits per heavy atom. The number of imide groups is 1. The van der Waals surface area contributed by atoms with Gasteiger partial charge in [0, 0.05) is 17.5 Å². The second-order valence-corrected chi connectivity index (χ2v) is 6.97. The van der Waals surface area contributed by atoms with Crippen LogP contribution in [0.25, 0.3) is 11.5 Å². The van der Waals surface area contributed by atoms with E-state index in [2.05, 4.69) is 10.3 Å². The maximum absolute atomic E-state index is 13.3. The number of nitrogens with zero attached hydrogens (tertiary/aromatic N) is 2. The highest BCUT2D eigenvalue weighted by Gasteiger charge is 2.54. The average molecular weight is 393 g/mol. The van der Waals surface area contributed by atoms with Crippen molar-refractivity contribution in [1.29, 1.82) is 0 Å². The van der Waals surface area contributed by atoms with Crippen molar-refractivity contribution in [2.45, 2.75) is 18.5 Å².